The van der Waals surface area contributed by atoms with Crippen LogP contribution < -0.4 is 14.8 Å². The van der Waals surface area contributed by atoms with E-state index in [-0.39, 0.29) is 11.8 Å². The van der Waals surface area contributed by atoms with Gasteiger partial charge in [0.1, 0.15) is 12.6 Å². The first-order chi connectivity index (χ1) is 12.7. The van der Waals surface area contributed by atoms with Gasteiger partial charge in [-0.2, -0.15) is 0 Å². The second kappa shape index (κ2) is 6.71. The van der Waals surface area contributed by atoms with E-state index in [1.165, 1.54) is 7.11 Å². The molecule has 0 radical (unpaired) electrons. The number of benzene rings is 2. The standard InChI is InChI=1S/C20H20N2O4/c1-25-17-10-14-15(11-18(17)26-12-13-6-3-2-4-7-13)21-19(23)16-8-5-9-22(16)20(14)24/h2-4,6-7,10-11,16H,5,8-9,12H2,1H3,(H,21,23)/t16-/m0/s1. The molecule has 2 aromatic rings. The molecule has 0 saturated carbocycles. The maximum atomic E-state index is 12.9. The van der Waals surface area contributed by atoms with Crippen molar-refractivity contribution in [2.45, 2.75) is 25.5 Å². The number of fused-ring (bicyclic) bond motifs is 2. The molecular formula is C20H20N2O4. The Morgan fingerprint density at radius 2 is 1.96 bits per heavy atom. The van der Waals surface area contributed by atoms with E-state index in [2.05, 4.69) is 5.32 Å². The summed E-state index contributed by atoms with van der Waals surface area (Å²) in [6.07, 6.45) is 1.54. The van der Waals surface area contributed by atoms with Crippen molar-refractivity contribution in [2.24, 2.45) is 0 Å². The molecule has 2 aliphatic rings. The SMILES string of the molecule is COc1cc2c(cc1OCc1ccccc1)NC(=O)[C@@H]1CCCN1C2=O. The van der Waals surface area contributed by atoms with Gasteiger partial charge in [-0.3, -0.25) is 9.59 Å². The lowest BCUT2D eigenvalue weighted by Gasteiger charge is -2.20. The first-order valence-corrected chi connectivity index (χ1v) is 8.68. The van der Waals surface area contributed by atoms with Crippen molar-refractivity contribution in [1.29, 1.82) is 0 Å². The number of nitrogens with one attached hydrogen (secondary N) is 1. The summed E-state index contributed by atoms with van der Waals surface area (Å²) >= 11 is 0. The molecule has 2 aromatic carbocycles. The third-order valence-corrected chi connectivity index (χ3v) is 4.85. The molecule has 0 unspecified atom stereocenters. The first-order valence-electron chi connectivity index (χ1n) is 8.68. The van der Waals surface area contributed by atoms with Crippen molar-refractivity contribution in [3.05, 3.63) is 53.6 Å². The Bertz CT molecular complexity index is 850. The molecule has 0 spiro atoms. The Hall–Kier alpha value is -3.02. The first kappa shape index (κ1) is 16.4. The lowest BCUT2D eigenvalue weighted by molar-refractivity contribution is -0.119. The molecular weight excluding hydrogens is 332 g/mol. The molecule has 26 heavy (non-hydrogen) atoms. The van der Waals surface area contributed by atoms with Gasteiger partial charge >= 0.3 is 0 Å². The number of nitrogens with zero attached hydrogens (tertiary/aromatic N) is 1. The van der Waals surface area contributed by atoms with E-state index in [9.17, 15) is 9.59 Å². The molecule has 134 valence electrons. The fourth-order valence-electron chi connectivity index (χ4n) is 3.50. The molecule has 6 heteroatoms. The van der Waals surface area contributed by atoms with Crippen LogP contribution >= 0.6 is 0 Å². The molecule has 1 fully saturated rings. The van der Waals surface area contributed by atoms with Crippen LogP contribution in [-0.2, 0) is 11.4 Å². The summed E-state index contributed by atoms with van der Waals surface area (Å²) in [7, 11) is 1.54. The Labute approximate surface area is 151 Å². The second-order valence-corrected chi connectivity index (χ2v) is 6.47. The van der Waals surface area contributed by atoms with Gasteiger partial charge in [-0.25, -0.2) is 0 Å². The van der Waals surface area contributed by atoms with E-state index in [0.717, 1.165) is 12.0 Å². The fraction of sp³-hybridized carbons (Fsp3) is 0.300. The van der Waals surface area contributed by atoms with Gasteiger partial charge in [0.15, 0.2) is 11.5 Å². The van der Waals surface area contributed by atoms with E-state index in [4.69, 9.17) is 9.47 Å². The minimum Gasteiger partial charge on any atom is -0.493 e. The molecule has 6 nitrogen and oxygen atoms in total. The highest BCUT2D eigenvalue weighted by atomic mass is 16.5. The smallest absolute Gasteiger partial charge is 0.256 e. The number of hydrogen-bond acceptors (Lipinski definition) is 4. The maximum Gasteiger partial charge on any atom is 0.256 e. The lowest BCUT2D eigenvalue weighted by atomic mass is 10.1. The number of ether oxygens (including phenoxy) is 2. The number of anilines is 1. The van der Waals surface area contributed by atoms with Gasteiger partial charge in [-0.15, -0.1) is 0 Å². The van der Waals surface area contributed by atoms with Crippen molar-refractivity contribution in [3.63, 3.8) is 0 Å². The zero-order valence-corrected chi connectivity index (χ0v) is 14.5. The highest BCUT2D eigenvalue weighted by Crippen LogP contribution is 2.37. The lowest BCUT2D eigenvalue weighted by Crippen LogP contribution is -2.40. The third-order valence-electron chi connectivity index (χ3n) is 4.85. The molecule has 0 bridgehead atoms. The van der Waals surface area contributed by atoms with E-state index < -0.39 is 6.04 Å². The summed E-state index contributed by atoms with van der Waals surface area (Å²) in [4.78, 5) is 27.0. The van der Waals surface area contributed by atoms with Gasteiger partial charge in [0, 0.05) is 12.6 Å². The van der Waals surface area contributed by atoms with Crippen LogP contribution in [0.4, 0.5) is 5.69 Å². The molecule has 0 aliphatic carbocycles. The van der Waals surface area contributed by atoms with Crippen LogP contribution in [0, 0.1) is 0 Å². The molecule has 4 rings (SSSR count). The normalized spacial score (nSPS) is 18.7. The quantitative estimate of drug-likeness (QED) is 0.919. The Morgan fingerprint density at radius 3 is 2.73 bits per heavy atom. The summed E-state index contributed by atoms with van der Waals surface area (Å²) in [6.45, 7) is 0.970. The number of hydrogen-bond donors (Lipinski definition) is 1. The number of methoxy groups -OCH3 is 1. The summed E-state index contributed by atoms with van der Waals surface area (Å²) in [5.41, 5.74) is 1.93. The minimum absolute atomic E-state index is 0.145. The Morgan fingerprint density at radius 1 is 1.15 bits per heavy atom. The van der Waals surface area contributed by atoms with Crippen molar-refractivity contribution >= 4 is 17.5 Å². The second-order valence-electron chi connectivity index (χ2n) is 6.47. The van der Waals surface area contributed by atoms with E-state index in [1.807, 2.05) is 30.3 Å². The predicted octanol–water partition coefficient (Wildman–Crippen LogP) is 2.83. The van der Waals surface area contributed by atoms with Crippen LogP contribution in [0.2, 0.25) is 0 Å². The van der Waals surface area contributed by atoms with Crippen molar-refractivity contribution in [2.75, 3.05) is 19.0 Å². The van der Waals surface area contributed by atoms with Crippen LogP contribution in [0.25, 0.3) is 0 Å². The van der Waals surface area contributed by atoms with E-state index >= 15 is 0 Å². The van der Waals surface area contributed by atoms with E-state index in [1.54, 1.807) is 17.0 Å². The summed E-state index contributed by atoms with van der Waals surface area (Å²) < 4.78 is 11.3. The fourth-order valence-corrected chi connectivity index (χ4v) is 3.50. The third kappa shape index (κ3) is 2.87. The average Bonchev–Trinajstić information content (AvgIpc) is 3.13. The monoisotopic (exact) mass is 352 g/mol. The average molecular weight is 352 g/mol. The Balaban J connectivity index is 1.67. The molecule has 2 aliphatic heterocycles. The molecule has 0 aromatic heterocycles. The number of carbonyl (C=O) groups is 2. The zero-order valence-electron chi connectivity index (χ0n) is 14.5. The van der Waals surface area contributed by atoms with Crippen molar-refractivity contribution < 1.29 is 19.1 Å². The Kier molecular flexibility index (Phi) is 4.24. The van der Waals surface area contributed by atoms with Crippen molar-refractivity contribution in [1.82, 2.24) is 4.90 Å². The van der Waals surface area contributed by atoms with Crippen LogP contribution in [0.1, 0.15) is 28.8 Å². The van der Waals surface area contributed by atoms with Crippen LogP contribution in [-0.4, -0.2) is 36.4 Å². The summed E-state index contributed by atoms with van der Waals surface area (Å²) in [5.74, 6) is 0.674. The van der Waals surface area contributed by atoms with E-state index in [0.29, 0.717) is 42.3 Å². The molecule has 1 N–H and O–H groups in total. The molecule has 1 atom stereocenters. The number of amides is 2. The van der Waals surface area contributed by atoms with Gasteiger partial charge in [-0.1, -0.05) is 30.3 Å². The van der Waals surface area contributed by atoms with Crippen LogP contribution in [0.15, 0.2) is 42.5 Å². The predicted molar refractivity (Wildman–Crippen MR) is 96.5 cm³/mol. The van der Waals surface area contributed by atoms with Crippen molar-refractivity contribution in [3.8, 4) is 11.5 Å². The topological polar surface area (TPSA) is 67.9 Å². The summed E-state index contributed by atoms with van der Waals surface area (Å²) in [6, 6.07) is 12.7. The molecule has 2 heterocycles. The zero-order chi connectivity index (χ0) is 18.1. The minimum atomic E-state index is -0.394. The highest BCUT2D eigenvalue weighted by molar-refractivity contribution is 6.10. The van der Waals surface area contributed by atoms with Gasteiger partial charge in [0.2, 0.25) is 5.91 Å². The number of carbonyl (C=O) groups excluding carboxylic acids is 2. The van der Waals surface area contributed by atoms with Gasteiger partial charge in [-0.05, 0) is 24.5 Å². The van der Waals surface area contributed by atoms with Gasteiger partial charge in [0.25, 0.3) is 5.91 Å². The molecule has 1 saturated heterocycles. The van der Waals surface area contributed by atoms with Crippen LogP contribution in [0.5, 0.6) is 11.5 Å². The highest BCUT2D eigenvalue weighted by Gasteiger charge is 2.38. The van der Waals surface area contributed by atoms with Gasteiger partial charge < -0.3 is 19.7 Å². The van der Waals surface area contributed by atoms with Gasteiger partial charge in [0.05, 0.1) is 18.4 Å². The summed E-state index contributed by atoms with van der Waals surface area (Å²) in [5, 5.41) is 2.88. The number of rotatable bonds is 4. The largest absolute Gasteiger partial charge is 0.493 e. The van der Waals surface area contributed by atoms with Crippen LogP contribution in [0.3, 0.4) is 0 Å². The maximum absolute atomic E-state index is 12.9. The molecule has 2 amide bonds.